The van der Waals surface area contributed by atoms with Crippen molar-refractivity contribution in [2.24, 2.45) is 0 Å². The van der Waals surface area contributed by atoms with E-state index in [2.05, 4.69) is 21.2 Å². The van der Waals surface area contributed by atoms with Gasteiger partial charge in [-0.3, -0.25) is 9.59 Å². The number of rotatable bonds is 8. The predicted molar refractivity (Wildman–Crippen MR) is 99.6 cm³/mol. The molecule has 6 heteroatoms. The molecule has 2 aromatic carbocycles. The van der Waals surface area contributed by atoms with Gasteiger partial charge in [-0.15, -0.1) is 0 Å². The highest BCUT2D eigenvalue weighted by Crippen LogP contribution is 2.16. The van der Waals surface area contributed by atoms with Crippen molar-refractivity contribution in [3.63, 3.8) is 0 Å². The topological polar surface area (TPSA) is 64.6 Å². The summed E-state index contributed by atoms with van der Waals surface area (Å²) in [5, 5.41) is 2.67. The Bertz CT molecular complexity index is 698. The van der Waals surface area contributed by atoms with Gasteiger partial charge < -0.3 is 14.8 Å². The Hall–Kier alpha value is -2.34. The zero-order chi connectivity index (χ0) is 18.1. The Morgan fingerprint density at radius 2 is 1.72 bits per heavy atom. The SMILES string of the molecule is Cc1ccc(NC(=O)COC(=O)CCCOc2ccc(Br)cc2)cc1. The number of carbonyl (C=O) groups is 2. The number of halogens is 1. The van der Waals surface area contributed by atoms with Crippen LogP contribution in [0.4, 0.5) is 5.69 Å². The minimum atomic E-state index is -0.418. The largest absolute Gasteiger partial charge is 0.494 e. The van der Waals surface area contributed by atoms with Crippen molar-refractivity contribution >= 4 is 33.5 Å². The van der Waals surface area contributed by atoms with Crippen LogP contribution >= 0.6 is 15.9 Å². The van der Waals surface area contributed by atoms with Crippen LogP contribution in [0.15, 0.2) is 53.0 Å². The van der Waals surface area contributed by atoms with Gasteiger partial charge in [-0.25, -0.2) is 0 Å². The summed E-state index contributed by atoms with van der Waals surface area (Å²) in [4.78, 5) is 23.4. The van der Waals surface area contributed by atoms with Gasteiger partial charge in [0.15, 0.2) is 6.61 Å². The van der Waals surface area contributed by atoms with Crippen LogP contribution in [0.2, 0.25) is 0 Å². The molecular formula is C19H20BrNO4. The van der Waals surface area contributed by atoms with E-state index >= 15 is 0 Å². The van der Waals surface area contributed by atoms with E-state index in [1.165, 1.54) is 0 Å². The summed E-state index contributed by atoms with van der Waals surface area (Å²) in [5.41, 5.74) is 1.78. The predicted octanol–water partition coefficient (Wildman–Crippen LogP) is 4.10. The molecule has 0 fully saturated rings. The number of esters is 1. The molecule has 0 aromatic heterocycles. The highest BCUT2D eigenvalue weighted by Gasteiger charge is 2.08. The lowest BCUT2D eigenvalue weighted by molar-refractivity contribution is -0.147. The second-order valence-corrected chi connectivity index (χ2v) is 6.40. The van der Waals surface area contributed by atoms with E-state index in [1.807, 2.05) is 43.3 Å². The maximum Gasteiger partial charge on any atom is 0.306 e. The number of aryl methyl sites for hydroxylation is 1. The number of ether oxygens (including phenoxy) is 2. The average Bonchev–Trinajstić information content (AvgIpc) is 2.60. The Labute approximate surface area is 155 Å². The second-order valence-electron chi connectivity index (χ2n) is 5.48. The van der Waals surface area contributed by atoms with E-state index in [0.29, 0.717) is 18.7 Å². The van der Waals surface area contributed by atoms with Crippen molar-refractivity contribution in [3.05, 3.63) is 58.6 Å². The lowest BCUT2D eigenvalue weighted by Crippen LogP contribution is -2.21. The van der Waals surface area contributed by atoms with Gasteiger partial charge in [-0.05, 0) is 49.7 Å². The Morgan fingerprint density at radius 3 is 2.40 bits per heavy atom. The molecule has 0 radical (unpaired) electrons. The third-order valence-corrected chi connectivity index (χ3v) is 3.84. The van der Waals surface area contributed by atoms with E-state index < -0.39 is 5.97 Å². The molecule has 132 valence electrons. The van der Waals surface area contributed by atoms with Crippen LogP contribution in [-0.4, -0.2) is 25.1 Å². The molecule has 0 saturated carbocycles. The minimum absolute atomic E-state index is 0.203. The first-order chi connectivity index (χ1) is 12.0. The first kappa shape index (κ1) is 19.0. The highest BCUT2D eigenvalue weighted by atomic mass is 79.9. The fourth-order valence-electron chi connectivity index (χ4n) is 1.99. The van der Waals surface area contributed by atoms with E-state index in [0.717, 1.165) is 15.8 Å². The number of hydrogen-bond acceptors (Lipinski definition) is 4. The van der Waals surface area contributed by atoms with Crippen LogP contribution in [0.3, 0.4) is 0 Å². The molecule has 0 spiro atoms. The van der Waals surface area contributed by atoms with Gasteiger partial charge in [0.2, 0.25) is 0 Å². The molecule has 5 nitrogen and oxygen atoms in total. The fourth-order valence-corrected chi connectivity index (χ4v) is 2.25. The number of benzene rings is 2. The summed E-state index contributed by atoms with van der Waals surface area (Å²) in [5.74, 6) is -0.0316. The zero-order valence-electron chi connectivity index (χ0n) is 14.0. The molecule has 0 saturated heterocycles. The summed E-state index contributed by atoms with van der Waals surface area (Å²) in [7, 11) is 0. The number of hydrogen-bond donors (Lipinski definition) is 1. The van der Waals surface area contributed by atoms with Crippen LogP contribution in [-0.2, 0) is 14.3 Å². The molecule has 1 amide bonds. The Morgan fingerprint density at radius 1 is 1.04 bits per heavy atom. The molecule has 0 heterocycles. The quantitative estimate of drug-likeness (QED) is 0.530. The first-order valence-electron chi connectivity index (χ1n) is 7.93. The van der Waals surface area contributed by atoms with Crippen LogP contribution in [0.5, 0.6) is 5.75 Å². The van der Waals surface area contributed by atoms with Crippen LogP contribution in [0, 0.1) is 6.92 Å². The molecule has 1 N–H and O–H groups in total. The number of amides is 1. The third-order valence-electron chi connectivity index (χ3n) is 3.31. The minimum Gasteiger partial charge on any atom is -0.494 e. The van der Waals surface area contributed by atoms with Gasteiger partial charge in [0.25, 0.3) is 5.91 Å². The lowest BCUT2D eigenvalue weighted by Gasteiger charge is -2.08. The van der Waals surface area contributed by atoms with Crippen molar-refractivity contribution in [1.82, 2.24) is 0 Å². The van der Waals surface area contributed by atoms with Crippen LogP contribution < -0.4 is 10.1 Å². The average molecular weight is 406 g/mol. The fraction of sp³-hybridized carbons (Fsp3) is 0.263. The molecule has 2 aromatic rings. The lowest BCUT2D eigenvalue weighted by atomic mass is 10.2. The summed E-state index contributed by atoms with van der Waals surface area (Å²) in [6, 6.07) is 14.9. The zero-order valence-corrected chi connectivity index (χ0v) is 15.5. The second kappa shape index (κ2) is 9.84. The summed E-state index contributed by atoms with van der Waals surface area (Å²) < 4.78 is 11.5. The maximum atomic E-state index is 11.7. The number of nitrogens with one attached hydrogen (secondary N) is 1. The van der Waals surface area contributed by atoms with Crippen molar-refractivity contribution in [2.75, 3.05) is 18.5 Å². The standard InChI is InChI=1S/C19H20BrNO4/c1-14-4-8-16(9-5-14)21-18(22)13-25-19(23)3-2-12-24-17-10-6-15(20)7-11-17/h4-11H,2-3,12-13H2,1H3,(H,21,22). The van der Waals surface area contributed by atoms with Gasteiger partial charge in [-0.2, -0.15) is 0 Å². The normalized spacial score (nSPS) is 10.2. The molecular weight excluding hydrogens is 386 g/mol. The number of anilines is 1. The van der Waals surface area contributed by atoms with Crippen LogP contribution in [0.1, 0.15) is 18.4 Å². The molecule has 2 rings (SSSR count). The molecule has 0 aliphatic carbocycles. The summed E-state index contributed by atoms with van der Waals surface area (Å²) in [6.07, 6.45) is 0.725. The van der Waals surface area contributed by atoms with Crippen molar-refractivity contribution in [1.29, 1.82) is 0 Å². The van der Waals surface area contributed by atoms with Crippen molar-refractivity contribution in [2.45, 2.75) is 19.8 Å². The molecule has 25 heavy (non-hydrogen) atoms. The maximum absolute atomic E-state index is 11.7. The van der Waals surface area contributed by atoms with Gasteiger partial charge in [-0.1, -0.05) is 33.6 Å². The van der Waals surface area contributed by atoms with E-state index in [1.54, 1.807) is 12.1 Å². The Balaban J connectivity index is 1.59. The Kier molecular flexibility index (Phi) is 7.47. The molecule has 0 bridgehead atoms. The molecule has 0 unspecified atom stereocenters. The van der Waals surface area contributed by atoms with Gasteiger partial charge in [0.1, 0.15) is 5.75 Å². The molecule has 0 aliphatic heterocycles. The summed E-state index contributed by atoms with van der Waals surface area (Å²) in [6.45, 7) is 2.08. The van der Waals surface area contributed by atoms with E-state index in [-0.39, 0.29) is 18.9 Å². The summed E-state index contributed by atoms with van der Waals surface area (Å²) >= 11 is 3.35. The smallest absolute Gasteiger partial charge is 0.306 e. The van der Waals surface area contributed by atoms with E-state index in [4.69, 9.17) is 9.47 Å². The highest BCUT2D eigenvalue weighted by molar-refractivity contribution is 9.10. The van der Waals surface area contributed by atoms with Gasteiger partial charge >= 0.3 is 5.97 Å². The first-order valence-corrected chi connectivity index (χ1v) is 8.73. The third kappa shape index (κ3) is 7.39. The molecule has 0 aliphatic rings. The van der Waals surface area contributed by atoms with Gasteiger partial charge in [0, 0.05) is 16.6 Å². The van der Waals surface area contributed by atoms with Crippen molar-refractivity contribution in [3.8, 4) is 5.75 Å². The van der Waals surface area contributed by atoms with Crippen LogP contribution in [0.25, 0.3) is 0 Å². The van der Waals surface area contributed by atoms with E-state index in [9.17, 15) is 9.59 Å². The molecule has 0 atom stereocenters. The number of carbonyl (C=O) groups excluding carboxylic acids is 2. The van der Waals surface area contributed by atoms with Crippen molar-refractivity contribution < 1.29 is 19.1 Å². The monoisotopic (exact) mass is 405 g/mol. The van der Waals surface area contributed by atoms with Gasteiger partial charge in [0.05, 0.1) is 6.61 Å².